The molecule has 0 aliphatic heterocycles. The number of carbonyl (C=O) groups excluding carboxylic acids is 1. The number of carboxylic acid groups (broad SMARTS) is 1. The SMILES string of the molecule is O=C(O)CCN(C(=O)c1cc([N+](=O)[O-])c[nH]1)C1CC1. The molecule has 0 aromatic carbocycles. The molecule has 1 aromatic rings. The zero-order valence-corrected chi connectivity index (χ0v) is 10.0. The van der Waals surface area contributed by atoms with Crippen molar-refractivity contribution < 1.29 is 19.6 Å². The van der Waals surface area contributed by atoms with Crippen LogP contribution in [0.4, 0.5) is 5.69 Å². The van der Waals surface area contributed by atoms with E-state index in [1.807, 2.05) is 0 Å². The first-order valence-electron chi connectivity index (χ1n) is 5.84. The summed E-state index contributed by atoms with van der Waals surface area (Å²) in [5.74, 6) is -1.37. The largest absolute Gasteiger partial charge is 0.481 e. The van der Waals surface area contributed by atoms with Crippen molar-refractivity contribution in [1.82, 2.24) is 9.88 Å². The van der Waals surface area contributed by atoms with Crippen molar-refractivity contribution in [3.63, 3.8) is 0 Å². The fourth-order valence-electron chi connectivity index (χ4n) is 1.82. The van der Waals surface area contributed by atoms with Crippen LogP contribution < -0.4 is 0 Å². The molecule has 1 saturated carbocycles. The van der Waals surface area contributed by atoms with Gasteiger partial charge in [-0.25, -0.2) is 0 Å². The summed E-state index contributed by atoms with van der Waals surface area (Å²) in [7, 11) is 0. The molecule has 2 rings (SSSR count). The molecule has 0 saturated heterocycles. The van der Waals surface area contributed by atoms with Gasteiger partial charge in [-0.1, -0.05) is 0 Å². The van der Waals surface area contributed by atoms with Crippen LogP contribution in [0.3, 0.4) is 0 Å². The summed E-state index contributed by atoms with van der Waals surface area (Å²) in [5, 5.41) is 19.2. The van der Waals surface area contributed by atoms with Crippen molar-refractivity contribution in [1.29, 1.82) is 0 Å². The maximum Gasteiger partial charge on any atom is 0.305 e. The van der Waals surface area contributed by atoms with Gasteiger partial charge < -0.3 is 15.0 Å². The third-order valence-corrected chi connectivity index (χ3v) is 2.92. The van der Waals surface area contributed by atoms with E-state index in [1.54, 1.807) is 0 Å². The molecule has 1 aliphatic rings. The standard InChI is InChI=1S/C11H13N3O5/c15-10(16)3-4-13(7-1-2-7)11(17)9-5-8(6-12-9)14(18)19/h5-7,12H,1-4H2,(H,15,16). The van der Waals surface area contributed by atoms with Gasteiger partial charge in [0.25, 0.3) is 11.6 Å². The Labute approximate surface area is 108 Å². The molecule has 1 aliphatic carbocycles. The summed E-state index contributed by atoms with van der Waals surface area (Å²) in [6.07, 6.45) is 2.70. The zero-order valence-electron chi connectivity index (χ0n) is 10.0. The smallest absolute Gasteiger partial charge is 0.305 e. The lowest BCUT2D eigenvalue weighted by atomic mass is 10.3. The van der Waals surface area contributed by atoms with Crippen LogP contribution in [0.5, 0.6) is 0 Å². The number of aliphatic carboxylic acids is 1. The minimum absolute atomic E-state index is 0.0502. The second-order valence-electron chi connectivity index (χ2n) is 4.40. The molecular weight excluding hydrogens is 254 g/mol. The van der Waals surface area contributed by atoms with E-state index in [0.717, 1.165) is 19.0 Å². The molecule has 8 nitrogen and oxygen atoms in total. The van der Waals surface area contributed by atoms with Gasteiger partial charge in [-0.15, -0.1) is 0 Å². The fourth-order valence-corrected chi connectivity index (χ4v) is 1.82. The van der Waals surface area contributed by atoms with Gasteiger partial charge in [0.1, 0.15) is 5.69 Å². The van der Waals surface area contributed by atoms with Crippen LogP contribution in [-0.4, -0.2) is 44.4 Å². The van der Waals surface area contributed by atoms with E-state index in [-0.39, 0.29) is 30.4 Å². The lowest BCUT2D eigenvalue weighted by Crippen LogP contribution is -2.35. The van der Waals surface area contributed by atoms with E-state index in [9.17, 15) is 19.7 Å². The number of aromatic amines is 1. The number of carboxylic acids is 1. The maximum atomic E-state index is 12.2. The van der Waals surface area contributed by atoms with Gasteiger partial charge in [0.2, 0.25) is 0 Å². The highest BCUT2D eigenvalue weighted by atomic mass is 16.6. The number of nitro groups is 1. The van der Waals surface area contributed by atoms with Crippen molar-refractivity contribution >= 4 is 17.6 Å². The lowest BCUT2D eigenvalue weighted by Gasteiger charge is -2.20. The van der Waals surface area contributed by atoms with E-state index in [1.165, 1.54) is 11.0 Å². The number of nitrogens with one attached hydrogen (secondary N) is 1. The Morgan fingerprint density at radius 1 is 1.53 bits per heavy atom. The quantitative estimate of drug-likeness (QED) is 0.589. The van der Waals surface area contributed by atoms with Crippen molar-refractivity contribution in [2.24, 2.45) is 0 Å². The Morgan fingerprint density at radius 2 is 2.21 bits per heavy atom. The number of carbonyl (C=O) groups is 2. The summed E-state index contributed by atoms with van der Waals surface area (Å²) in [6.45, 7) is 0.117. The van der Waals surface area contributed by atoms with Crippen LogP contribution in [0.1, 0.15) is 29.8 Å². The lowest BCUT2D eigenvalue weighted by molar-refractivity contribution is -0.384. The molecule has 0 spiro atoms. The summed E-state index contributed by atoms with van der Waals surface area (Å²) in [6, 6.07) is 1.22. The van der Waals surface area contributed by atoms with E-state index in [4.69, 9.17) is 5.11 Å². The molecule has 0 bridgehead atoms. The van der Waals surface area contributed by atoms with E-state index >= 15 is 0 Å². The van der Waals surface area contributed by atoms with Crippen LogP contribution in [0, 0.1) is 10.1 Å². The monoisotopic (exact) mass is 267 g/mol. The van der Waals surface area contributed by atoms with Crippen LogP contribution in [0.25, 0.3) is 0 Å². The molecular formula is C11H13N3O5. The van der Waals surface area contributed by atoms with Gasteiger partial charge in [0.05, 0.1) is 17.5 Å². The molecule has 8 heteroatoms. The van der Waals surface area contributed by atoms with E-state index < -0.39 is 16.8 Å². The second-order valence-corrected chi connectivity index (χ2v) is 4.40. The molecule has 0 radical (unpaired) electrons. The molecule has 0 unspecified atom stereocenters. The summed E-state index contributed by atoms with van der Waals surface area (Å²) in [5.41, 5.74) is -0.0682. The van der Waals surface area contributed by atoms with Gasteiger partial charge in [0, 0.05) is 18.7 Å². The second kappa shape index (κ2) is 5.09. The highest BCUT2D eigenvalue weighted by Gasteiger charge is 2.34. The van der Waals surface area contributed by atoms with Crippen molar-refractivity contribution in [2.75, 3.05) is 6.54 Å². The number of aromatic nitrogens is 1. The Hall–Kier alpha value is -2.38. The molecule has 1 amide bonds. The molecule has 0 atom stereocenters. The first kappa shape index (κ1) is 13.1. The minimum Gasteiger partial charge on any atom is -0.481 e. The van der Waals surface area contributed by atoms with E-state index in [0.29, 0.717) is 0 Å². The third kappa shape index (κ3) is 3.09. The minimum atomic E-state index is -0.976. The number of hydrogen-bond donors (Lipinski definition) is 2. The summed E-state index contributed by atoms with van der Waals surface area (Å²) < 4.78 is 0. The van der Waals surface area contributed by atoms with Gasteiger partial charge >= 0.3 is 5.97 Å². The predicted octanol–water partition coefficient (Wildman–Crippen LogP) is 1.00. The van der Waals surface area contributed by atoms with Gasteiger partial charge in [-0.05, 0) is 12.8 Å². The molecule has 1 fully saturated rings. The average molecular weight is 267 g/mol. The van der Waals surface area contributed by atoms with Gasteiger partial charge in [0.15, 0.2) is 0 Å². The zero-order chi connectivity index (χ0) is 14.0. The van der Waals surface area contributed by atoms with Crippen LogP contribution in [-0.2, 0) is 4.79 Å². The van der Waals surface area contributed by atoms with Crippen molar-refractivity contribution in [3.05, 3.63) is 28.1 Å². The highest BCUT2D eigenvalue weighted by Crippen LogP contribution is 2.28. The van der Waals surface area contributed by atoms with Crippen LogP contribution in [0.15, 0.2) is 12.3 Å². The molecule has 1 aromatic heterocycles. The molecule has 19 heavy (non-hydrogen) atoms. The first-order valence-corrected chi connectivity index (χ1v) is 5.84. The number of hydrogen-bond acceptors (Lipinski definition) is 4. The normalized spacial score (nSPS) is 14.1. The fraction of sp³-hybridized carbons (Fsp3) is 0.455. The number of rotatable bonds is 6. The molecule has 102 valence electrons. The van der Waals surface area contributed by atoms with Crippen molar-refractivity contribution in [2.45, 2.75) is 25.3 Å². The maximum absolute atomic E-state index is 12.2. The summed E-state index contributed by atoms with van der Waals surface area (Å²) in [4.78, 5) is 36.7. The third-order valence-electron chi connectivity index (χ3n) is 2.92. The number of nitrogens with zero attached hydrogens (tertiary/aromatic N) is 2. The van der Waals surface area contributed by atoms with Gasteiger partial charge in [-0.2, -0.15) is 0 Å². The Morgan fingerprint density at radius 3 is 2.68 bits per heavy atom. The Kier molecular flexibility index (Phi) is 3.50. The number of H-pyrrole nitrogens is 1. The number of amides is 1. The Bertz CT molecular complexity index is 520. The first-order chi connectivity index (χ1) is 8.99. The van der Waals surface area contributed by atoms with Gasteiger partial charge in [-0.3, -0.25) is 19.7 Å². The highest BCUT2D eigenvalue weighted by molar-refractivity contribution is 5.93. The van der Waals surface area contributed by atoms with E-state index in [2.05, 4.69) is 4.98 Å². The molecule has 2 N–H and O–H groups in total. The predicted molar refractivity (Wildman–Crippen MR) is 63.8 cm³/mol. The summed E-state index contributed by atoms with van der Waals surface area (Å²) >= 11 is 0. The van der Waals surface area contributed by atoms with Crippen LogP contribution >= 0.6 is 0 Å². The topological polar surface area (TPSA) is 117 Å². The Balaban J connectivity index is 2.09. The van der Waals surface area contributed by atoms with Crippen molar-refractivity contribution in [3.8, 4) is 0 Å². The molecule has 1 heterocycles. The average Bonchev–Trinajstić information content (AvgIpc) is 3.05. The van der Waals surface area contributed by atoms with Crippen LogP contribution in [0.2, 0.25) is 0 Å².